The van der Waals surface area contributed by atoms with Crippen LogP contribution in [-0.4, -0.2) is 33.8 Å². The number of alkyl halides is 3. The molecular formula is C33H37F3N6O3. The topological polar surface area (TPSA) is 118 Å². The number of aliphatic imine (C=N–C) groups is 1. The molecule has 0 amide bonds. The number of hydrogen-bond donors (Lipinski definition) is 3. The number of benzene rings is 3. The summed E-state index contributed by atoms with van der Waals surface area (Å²) in [5, 5.41) is 17.7. The average molecular weight is 623 g/mol. The Hall–Kier alpha value is -4.42. The predicted octanol–water partition coefficient (Wildman–Crippen LogP) is 6.06. The lowest BCUT2D eigenvalue weighted by Gasteiger charge is -2.40. The zero-order chi connectivity index (χ0) is 31.9. The van der Waals surface area contributed by atoms with Crippen LogP contribution in [0.2, 0.25) is 0 Å². The normalized spacial score (nSPS) is 22.8. The van der Waals surface area contributed by atoms with Crippen molar-refractivity contribution in [2.75, 3.05) is 0 Å². The molecule has 4 N–H and O–H groups in total. The summed E-state index contributed by atoms with van der Waals surface area (Å²) in [5.74, 6) is -0.107. The first-order valence-corrected chi connectivity index (χ1v) is 15.0. The molecule has 238 valence electrons. The Labute approximate surface area is 260 Å². The first-order valence-electron chi connectivity index (χ1n) is 15.0. The fourth-order valence-corrected chi connectivity index (χ4v) is 6.18. The molecular weight excluding hydrogens is 585 g/mol. The standard InChI is InChI=1S/C33H37F3N6O3/c34-33(35,36)45-29-14-8-7-13-27(29)20-38-31-39-21-30(42(43)44)32(37,40-31)19-24-15-17-28(18-16-24)41(22-25-9-3-1-4-10-25)23-26-11-5-2-6-12-26/h1-14,21,24,28H,15-20,22-23,37H2,(H2,38,39,40). The lowest BCUT2D eigenvalue weighted by Crippen LogP contribution is -2.64. The quantitative estimate of drug-likeness (QED) is 0.176. The number of nitro groups is 1. The Morgan fingerprint density at radius 2 is 1.51 bits per heavy atom. The van der Waals surface area contributed by atoms with Crippen molar-refractivity contribution in [3.63, 3.8) is 0 Å². The lowest BCUT2D eigenvalue weighted by atomic mass is 9.79. The number of halogens is 3. The zero-order valence-electron chi connectivity index (χ0n) is 24.7. The molecule has 5 rings (SSSR count). The van der Waals surface area contributed by atoms with Crippen molar-refractivity contribution < 1.29 is 22.8 Å². The summed E-state index contributed by atoms with van der Waals surface area (Å²) in [6, 6.07) is 26.8. The minimum atomic E-state index is -4.85. The van der Waals surface area contributed by atoms with Crippen molar-refractivity contribution in [1.82, 2.24) is 15.5 Å². The van der Waals surface area contributed by atoms with Crippen molar-refractivity contribution in [3.05, 3.63) is 124 Å². The minimum absolute atomic E-state index is 0.123. The Morgan fingerprint density at radius 3 is 2.09 bits per heavy atom. The highest BCUT2D eigenvalue weighted by Gasteiger charge is 2.45. The summed E-state index contributed by atoms with van der Waals surface area (Å²) in [4.78, 5) is 18.3. The Kier molecular flexibility index (Phi) is 10.0. The van der Waals surface area contributed by atoms with Gasteiger partial charge in [0.15, 0.2) is 11.6 Å². The van der Waals surface area contributed by atoms with Gasteiger partial charge in [-0.1, -0.05) is 78.9 Å². The van der Waals surface area contributed by atoms with Gasteiger partial charge in [-0.15, -0.1) is 13.2 Å². The summed E-state index contributed by atoms with van der Waals surface area (Å²) in [6.45, 7) is 1.48. The third-order valence-corrected chi connectivity index (χ3v) is 8.35. The van der Waals surface area contributed by atoms with E-state index in [4.69, 9.17) is 5.73 Å². The molecule has 2 aliphatic rings. The maximum atomic E-state index is 12.9. The number of rotatable bonds is 11. The smallest absolute Gasteiger partial charge is 0.405 e. The molecule has 0 aromatic heterocycles. The molecule has 1 atom stereocenters. The molecule has 0 bridgehead atoms. The second-order valence-electron chi connectivity index (χ2n) is 11.6. The van der Waals surface area contributed by atoms with Gasteiger partial charge in [-0.2, -0.15) is 0 Å². The van der Waals surface area contributed by atoms with Gasteiger partial charge in [0.1, 0.15) is 5.75 Å². The first-order chi connectivity index (χ1) is 21.6. The molecule has 1 aliphatic heterocycles. The van der Waals surface area contributed by atoms with E-state index in [1.807, 2.05) is 36.4 Å². The van der Waals surface area contributed by atoms with E-state index < -0.39 is 16.9 Å². The highest BCUT2D eigenvalue weighted by Crippen LogP contribution is 2.35. The number of nitrogens with zero attached hydrogens (tertiary/aromatic N) is 3. The molecule has 0 radical (unpaired) electrons. The zero-order valence-corrected chi connectivity index (χ0v) is 24.7. The molecule has 1 heterocycles. The average Bonchev–Trinajstić information content (AvgIpc) is 3.01. The molecule has 9 nitrogen and oxygen atoms in total. The summed E-state index contributed by atoms with van der Waals surface area (Å²) in [6.07, 6.45) is 0.204. The fraction of sp³-hybridized carbons (Fsp3) is 0.364. The van der Waals surface area contributed by atoms with Crippen LogP contribution in [0.4, 0.5) is 13.2 Å². The monoisotopic (exact) mass is 622 g/mol. The lowest BCUT2D eigenvalue weighted by molar-refractivity contribution is -0.437. The number of hydrogen-bond acceptors (Lipinski definition) is 6. The summed E-state index contributed by atoms with van der Waals surface area (Å²) >= 11 is 0. The van der Waals surface area contributed by atoms with Crippen LogP contribution >= 0.6 is 0 Å². The highest BCUT2D eigenvalue weighted by molar-refractivity contribution is 5.83. The number of ether oxygens (including phenoxy) is 1. The largest absolute Gasteiger partial charge is 0.573 e. The molecule has 0 saturated heterocycles. The maximum absolute atomic E-state index is 12.9. The highest BCUT2D eigenvalue weighted by atomic mass is 19.4. The predicted molar refractivity (Wildman–Crippen MR) is 165 cm³/mol. The third kappa shape index (κ3) is 8.83. The van der Waals surface area contributed by atoms with Crippen LogP contribution in [0.1, 0.15) is 48.8 Å². The Morgan fingerprint density at radius 1 is 0.933 bits per heavy atom. The van der Waals surface area contributed by atoms with Crippen LogP contribution in [0.5, 0.6) is 5.75 Å². The maximum Gasteiger partial charge on any atom is 0.573 e. The van der Waals surface area contributed by atoms with E-state index in [0.717, 1.165) is 38.8 Å². The van der Waals surface area contributed by atoms with E-state index in [2.05, 4.69) is 49.5 Å². The third-order valence-electron chi connectivity index (χ3n) is 8.35. The SMILES string of the molecule is NC1(CC2CCC(N(Cc3ccccc3)Cc3ccccc3)CC2)NC(=NCc2ccccc2OC(F)(F)F)NC=C1[N+](=O)[O-]. The van der Waals surface area contributed by atoms with Crippen LogP contribution in [0.25, 0.3) is 0 Å². The number of nitrogens with two attached hydrogens (primary N) is 1. The second kappa shape index (κ2) is 14.1. The van der Waals surface area contributed by atoms with Crippen molar-refractivity contribution in [1.29, 1.82) is 0 Å². The number of para-hydroxylation sites is 1. The molecule has 3 aromatic carbocycles. The molecule has 3 aromatic rings. The van der Waals surface area contributed by atoms with Gasteiger partial charge in [0.2, 0.25) is 0 Å². The van der Waals surface area contributed by atoms with E-state index >= 15 is 0 Å². The summed E-state index contributed by atoms with van der Waals surface area (Å²) in [5.41, 5.74) is 7.64. The Balaban J connectivity index is 1.25. The molecule has 1 unspecified atom stereocenters. The molecule has 12 heteroatoms. The van der Waals surface area contributed by atoms with Crippen LogP contribution in [-0.2, 0) is 19.6 Å². The van der Waals surface area contributed by atoms with E-state index in [1.165, 1.54) is 35.5 Å². The molecule has 1 aliphatic carbocycles. The van der Waals surface area contributed by atoms with E-state index in [9.17, 15) is 23.3 Å². The second-order valence-corrected chi connectivity index (χ2v) is 11.6. The van der Waals surface area contributed by atoms with Crippen LogP contribution in [0.15, 0.2) is 102 Å². The summed E-state index contributed by atoms with van der Waals surface area (Å²) < 4.78 is 42.7. The van der Waals surface area contributed by atoms with E-state index in [0.29, 0.717) is 12.5 Å². The molecule has 1 saturated carbocycles. The van der Waals surface area contributed by atoms with Crippen molar-refractivity contribution in [2.24, 2.45) is 16.6 Å². The molecule has 45 heavy (non-hydrogen) atoms. The van der Waals surface area contributed by atoms with Gasteiger partial charge in [0.05, 0.1) is 17.7 Å². The number of nitrogens with one attached hydrogen (secondary N) is 2. The van der Waals surface area contributed by atoms with E-state index in [-0.39, 0.29) is 35.4 Å². The van der Waals surface area contributed by atoms with Gasteiger partial charge >= 0.3 is 12.1 Å². The fourth-order valence-electron chi connectivity index (χ4n) is 6.18. The van der Waals surface area contributed by atoms with Crippen molar-refractivity contribution >= 4 is 5.96 Å². The molecule has 0 spiro atoms. The Bertz CT molecular complexity index is 1450. The van der Waals surface area contributed by atoms with Gasteiger partial charge in [-0.05, 0) is 55.2 Å². The van der Waals surface area contributed by atoms with Gasteiger partial charge in [0.25, 0.3) is 0 Å². The van der Waals surface area contributed by atoms with Crippen molar-refractivity contribution in [2.45, 2.75) is 69.8 Å². The van der Waals surface area contributed by atoms with Crippen LogP contribution in [0.3, 0.4) is 0 Å². The van der Waals surface area contributed by atoms with Crippen LogP contribution in [0, 0.1) is 16.0 Å². The minimum Gasteiger partial charge on any atom is -0.405 e. The van der Waals surface area contributed by atoms with Gasteiger partial charge in [-0.3, -0.25) is 20.7 Å². The van der Waals surface area contributed by atoms with Crippen LogP contribution < -0.4 is 21.1 Å². The van der Waals surface area contributed by atoms with Crippen molar-refractivity contribution in [3.8, 4) is 5.75 Å². The summed E-state index contributed by atoms with van der Waals surface area (Å²) in [7, 11) is 0. The first kappa shape index (κ1) is 32.0. The van der Waals surface area contributed by atoms with E-state index in [1.54, 1.807) is 6.07 Å². The van der Waals surface area contributed by atoms with Gasteiger partial charge in [-0.25, -0.2) is 4.99 Å². The number of guanidine groups is 1. The van der Waals surface area contributed by atoms with Gasteiger partial charge < -0.3 is 15.4 Å². The van der Waals surface area contributed by atoms with Gasteiger partial charge in [0, 0.05) is 24.7 Å². The molecule has 1 fully saturated rings.